The van der Waals surface area contributed by atoms with Gasteiger partial charge in [-0.1, -0.05) is 12.1 Å². The second kappa shape index (κ2) is 8.81. The van der Waals surface area contributed by atoms with Gasteiger partial charge in [0.25, 0.3) is 5.56 Å². The van der Waals surface area contributed by atoms with Gasteiger partial charge in [0.05, 0.1) is 12.7 Å². The molecule has 0 unspecified atom stereocenters. The Morgan fingerprint density at radius 2 is 1.69 bits per heavy atom. The Kier molecular flexibility index (Phi) is 6.75. The Morgan fingerprint density at radius 3 is 2.23 bits per heavy atom. The molecule has 0 atom stereocenters. The van der Waals surface area contributed by atoms with Crippen LogP contribution in [0.1, 0.15) is 38.1 Å². The highest BCUT2D eigenvalue weighted by atomic mass is 16.5. The number of aromatic nitrogens is 1. The van der Waals surface area contributed by atoms with Crippen LogP contribution in [0.15, 0.2) is 47.4 Å². The largest absolute Gasteiger partial charge is 0.465 e. The van der Waals surface area contributed by atoms with E-state index in [1.165, 1.54) is 7.11 Å². The molecule has 0 N–H and O–H groups in total. The number of pyridine rings is 1. The number of esters is 1. The van der Waals surface area contributed by atoms with Crippen LogP contribution in [0, 0.1) is 0 Å². The molecule has 0 aliphatic rings. The van der Waals surface area contributed by atoms with Crippen LogP contribution in [0.3, 0.4) is 0 Å². The fourth-order valence-electron chi connectivity index (χ4n) is 3.17. The Bertz CT molecular complexity index is 784. The maximum atomic E-state index is 12.8. The predicted octanol–water partition coefficient (Wildman–Crippen LogP) is 3.42. The van der Waals surface area contributed by atoms with E-state index in [1.54, 1.807) is 28.8 Å². The molecule has 0 spiro atoms. The van der Waals surface area contributed by atoms with Crippen LogP contribution in [0.5, 0.6) is 0 Å². The van der Waals surface area contributed by atoms with Crippen molar-refractivity contribution >= 4 is 5.97 Å². The number of hydrogen-bond donors (Lipinski definition) is 0. The van der Waals surface area contributed by atoms with E-state index in [0.717, 1.165) is 12.1 Å². The third kappa shape index (κ3) is 4.61. The lowest BCUT2D eigenvalue weighted by Crippen LogP contribution is -2.40. The monoisotopic (exact) mass is 356 g/mol. The van der Waals surface area contributed by atoms with Gasteiger partial charge in [-0.05, 0) is 57.5 Å². The Hall–Kier alpha value is -2.40. The van der Waals surface area contributed by atoms with Crippen molar-refractivity contribution in [3.05, 3.63) is 58.5 Å². The number of carbonyl (C=O) groups is 1. The van der Waals surface area contributed by atoms with E-state index in [1.807, 2.05) is 18.3 Å². The summed E-state index contributed by atoms with van der Waals surface area (Å²) in [7, 11) is 1.35. The lowest BCUT2D eigenvalue weighted by atomic mass is 10.1. The number of carbonyl (C=O) groups excluding carboxylic acids is 1. The normalized spacial score (nSPS) is 11.4. The van der Waals surface area contributed by atoms with Gasteiger partial charge in [-0.2, -0.15) is 0 Å². The summed E-state index contributed by atoms with van der Waals surface area (Å²) in [5.41, 5.74) is 1.87. The third-order valence-corrected chi connectivity index (χ3v) is 4.56. The summed E-state index contributed by atoms with van der Waals surface area (Å²) in [5.74, 6) is -0.385. The van der Waals surface area contributed by atoms with E-state index in [2.05, 4.69) is 32.6 Å². The first-order valence-corrected chi connectivity index (χ1v) is 8.99. The van der Waals surface area contributed by atoms with Crippen molar-refractivity contribution in [3.8, 4) is 11.1 Å². The van der Waals surface area contributed by atoms with Crippen molar-refractivity contribution in [1.82, 2.24) is 9.47 Å². The number of rotatable bonds is 7. The second-order valence-corrected chi connectivity index (χ2v) is 6.91. The van der Waals surface area contributed by atoms with Gasteiger partial charge in [0.2, 0.25) is 0 Å². The minimum absolute atomic E-state index is 0.0224. The molecule has 1 aromatic heterocycles. The van der Waals surface area contributed by atoms with Gasteiger partial charge in [-0.15, -0.1) is 0 Å². The fourth-order valence-corrected chi connectivity index (χ4v) is 3.17. The average molecular weight is 356 g/mol. The van der Waals surface area contributed by atoms with E-state index in [-0.39, 0.29) is 11.5 Å². The zero-order valence-corrected chi connectivity index (χ0v) is 16.2. The Balaban J connectivity index is 2.24. The molecule has 0 fully saturated rings. The quantitative estimate of drug-likeness (QED) is 0.713. The molecule has 0 radical (unpaired) electrons. The number of ether oxygens (including phenoxy) is 1. The number of nitrogens with zero attached hydrogens (tertiary/aromatic N) is 2. The van der Waals surface area contributed by atoms with Crippen molar-refractivity contribution in [3.63, 3.8) is 0 Å². The molecule has 0 aliphatic heterocycles. The molecular weight excluding hydrogens is 328 g/mol. The lowest BCUT2D eigenvalue weighted by Gasteiger charge is -2.30. The molecule has 0 bridgehead atoms. The van der Waals surface area contributed by atoms with E-state index in [0.29, 0.717) is 29.8 Å². The molecule has 26 heavy (non-hydrogen) atoms. The molecule has 0 aliphatic carbocycles. The number of methoxy groups -OCH3 is 1. The van der Waals surface area contributed by atoms with Crippen molar-refractivity contribution in [2.45, 2.75) is 46.3 Å². The topological polar surface area (TPSA) is 51.5 Å². The summed E-state index contributed by atoms with van der Waals surface area (Å²) in [6.07, 6.45) is 1.83. The third-order valence-electron chi connectivity index (χ3n) is 4.56. The summed E-state index contributed by atoms with van der Waals surface area (Å²) in [4.78, 5) is 26.8. The van der Waals surface area contributed by atoms with Gasteiger partial charge >= 0.3 is 5.97 Å². The van der Waals surface area contributed by atoms with Crippen LogP contribution in [-0.2, 0) is 11.3 Å². The summed E-state index contributed by atoms with van der Waals surface area (Å²) in [6.45, 7) is 10.1. The second-order valence-electron chi connectivity index (χ2n) is 6.91. The van der Waals surface area contributed by atoms with Crippen LogP contribution in [0.4, 0.5) is 0 Å². The van der Waals surface area contributed by atoms with E-state index < -0.39 is 0 Å². The molecule has 0 amide bonds. The summed E-state index contributed by atoms with van der Waals surface area (Å²) in [5, 5.41) is 0. The maximum absolute atomic E-state index is 12.8. The first-order chi connectivity index (χ1) is 12.3. The minimum atomic E-state index is -0.385. The Morgan fingerprint density at radius 1 is 1.08 bits per heavy atom. The van der Waals surface area contributed by atoms with Gasteiger partial charge in [0.15, 0.2) is 0 Å². The highest BCUT2D eigenvalue weighted by Crippen LogP contribution is 2.16. The summed E-state index contributed by atoms with van der Waals surface area (Å²) in [6, 6.07) is 11.5. The average Bonchev–Trinajstić information content (AvgIpc) is 2.62. The number of benzene rings is 1. The molecule has 5 heteroatoms. The summed E-state index contributed by atoms with van der Waals surface area (Å²) >= 11 is 0. The van der Waals surface area contributed by atoms with Crippen molar-refractivity contribution in [1.29, 1.82) is 0 Å². The fraction of sp³-hybridized carbons (Fsp3) is 0.429. The smallest absolute Gasteiger partial charge is 0.337 e. The van der Waals surface area contributed by atoms with Crippen LogP contribution < -0.4 is 5.56 Å². The first kappa shape index (κ1) is 19.9. The zero-order chi connectivity index (χ0) is 19.3. The van der Waals surface area contributed by atoms with Gasteiger partial charge in [-0.3, -0.25) is 9.69 Å². The lowest BCUT2D eigenvalue weighted by molar-refractivity contribution is 0.0601. The van der Waals surface area contributed by atoms with Crippen molar-refractivity contribution in [2.24, 2.45) is 0 Å². The van der Waals surface area contributed by atoms with Crippen LogP contribution in [-0.4, -0.2) is 41.2 Å². The zero-order valence-electron chi connectivity index (χ0n) is 16.2. The van der Waals surface area contributed by atoms with Crippen LogP contribution >= 0.6 is 0 Å². The minimum Gasteiger partial charge on any atom is -0.465 e. The standard InChI is InChI=1S/C21H28N2O3/c1-15(2)23(16(3)4)14-13-22-12-6-7-19(20(22)24)17-8-10-18(11-9-17)21(25)26-5/h6-12,15-16H,13-14H2,1-5H3. The molecule has 1 aromatic carbocycles. The van der Waals surface area contributed by atoms with E-state index >= 15 is 0 Å². The first-order valence-electron chi connectivity index (χ1n) is 8.99. The van der Waals surface area contributed by atoms with Crippen LogP contribution in [0.25, 0.3) is 11.1 Å². The molecule has 0 saturated heterocycles. The van der Waals surface area contributed by atoms with Crippen molar-refractivity contribution < 1.29 is 9.53 Å². The van der Waals surface area contributed by atoms with Gasteiger partial charge < -0.3 is 9.30 Å². The summed E-state index contributed by atoms with van der Waals surface area (Å²) < 4.78 is 6.46. The molecular formula is C21H28N2O3. The van der Waals surface area contributed by atoms with Gasteiger partial charge in [0.1, 0.15) is 0 Å². The molecule has 5 nitrogen and oxygen atoms in total. The highest BCUT2D eigenvalue weighted by Gasteiger charge is 2.14. The molecule has 2 rings (SSSR count). The van der Waals surface area contributed by atoms with Gasteiger partial charge in [-0.25, -0.2) is 4.79 Å². The van der Waals surface area contributed by atoms with Crippen molar-refractivity contribution in [2.75, 3.05) is 13.7 Å². The van der Waals surface area contributed by atoms with E-state index in [9.17, 15) is 9.59 Å². The molecule has 140 valence electrons. The SMILES string of the molecule is COC(=O)c1ccc(-c2cccn(CCN(C(C)C)C(C)C)c2=O)cc1. The van der Waals surface area contributed by atoms with Crippen LogP contribution in [0.2, 0.25) is 0 Å². The highest BCUT2D eigenvalue weighted by molar-refractivity contribution is 5.89. The Labute approximate surface area is 155 Å². The predicted molar refractivity (Wildman–Crippen MR) is 104 cm³/mol. The number of hydrogen-bond acceptors (Lipinski definition) is 4. The van der Waals surface area contributed by atoms with E-state index in [4.69, 9.17) is 4.74 Å². The van der Waals surface area contributed by atoms with Gasteiger partial charge in [0, 0.05) is 36.9 Å². The molecule has 0 saturated carbocycles. The molecule has 2 aromatic rings. The maximum Gasteiger partial charge on any atom is 0.337 e. The molecule has 1 heterocycles.